The number of aromatic nitrogens is 3. The van der Waals surface area contributed by atoms with E-state index < -0.39 is 11.8 Å². The lowest BCUT2D eigenvalue weighted by Crippen LogP contribution is -2.38. The lowest BCUT2D eigenvalue weighted by Gasteiger charge is -2.23. The van der Waals surface area contributed by atoms with Crippen LogP contribution in [-0.4, -0.2) is 27.8 Å². The molecule has 7 heteroatoms. The molecular weight excluding hydrogens is 338 g/mol. The standard InChI is InChI=1S/C19H24F2N4O/c1-9-16(10(2)25-24-9)18-13(20)7-15(23-19(18)21)26-8-14(22)17(11-3-4-11)12-5-6-12/h7,11-12,14,17H,3-6,8,22H2,1-2H3,(H,24,25)/t14-/m1/s1. The number of halogens is 2. The van der Waals surface area contributed by atoms with E-state index in [1.807, 2.05) is 0 Å². The average Bonchev–Trinajstić information content (AvgIpc) is 3.49. The van der Waals surface area contributed by atoms with Crippen LogP contribution in [0.5, 0.6) is 5.88 Å². The van der Waals surface area contributed by atoms with Gasteiger partial charge in [-0.1, -0.05) is 0 Å². The van der Waals surface area contributed by atoms with Gasteiger partial charge in [0, 0.05) is 23.4 Å². The van der Waals surface area contributed by atoms with Gasteiger partial charge in [-0.2, -0.15) is 14.5 Å². The zero-order valence-electron chi connectivity index (χ0n) is 15.1. The topological polar surface area (TPSA) is 76.8 Å². The largest absolute Gasteiger partial charge is 0.476 e. The average molecular weight is 362 g/mol. The van der Waals surface area contributed by atoms with Crippen molar-refractivity contribution in [2.45, 2.75) is 45.6 Å². The molecule has 0 bridgehead atoms. The molecule has 140 valence electrons. The summed E-state index contributed by atoms with van der Waals surface area (Å²) in [5.41, 5.74) is 7.65. The van der Waals surface area contributed by atoms with Gasteiger partial charge in [0.05, 0.1) is 11.3 Å². The lowest BCUT2D eigenvalue weighted by molar-refractivity contribution is 0.209. The summed E-state index contributed by atoms with van der Waals surface area (Å²) >= 11 is 0. The fourth-order valence-corrected chi connectivity index (χ4v) is 4.02. The Kier molecular flexibility index (Phi) is 4.42. The first kappa shape index (κ1) is 17.4. The van der Waals surface area contributed by atoms with Crippen molar-refractivity contribution in [2.75, 3.05) is 6.61 Å². The minimum absolute atomic E-state index is 0.0663. The van der Waals surface area contributed by atoms with Crippen molar-refractivity contribution in [3.63, 3.8) is 0 Å². The van der Waals surface area contributed by atoms with Gasteiger partial charge in [-0.3, -0.25) is 5.10 Å². The van der Waals surface area contributed by atoms with Crippen LogP contribution in [-0.2, 0) is 0 Å². The van der Waals surface area contributed by atoms with Gasteiger partial charge in [0.2, 0.25) is 11.8 Å². The number of hydrogen-bond acceptors (Lipinski definition) is 4. The molecule has 4 rings (SSSR count). The van der Waals surface area contributed by atoms with Crippen LogP contribution in [0.2, 0.25) is 0 Å². The first-order valence-electron chi connectivity index (χ1n) is 9.22. The molecule has 2 fully saturated rings. The van der Waals surface area contributed by atoms with Crippen LogP contribution in [0, 0.1) is 43.4 Å². The summed E-state index contributed by atoms with van der Waals surface area (Å²) in [5.74, 6) is 0.161. The minimum atomic E-state index is -0.901. The van der Waals surface area contributed by atoms with E-state index in [4.69, 9.17) is 10.5 Å². The van der Waals surface area contributed by atoms with Gasteiger partial charge in [-0.15, -0.1) is 0 Å². The van der Waals surface area contributed by atoms with E-state index in [9.17, 15) is 8.78 Å². The zero-order chi connectivity index (χ0) is 18.4. The Morgan fingerprint density at radius 2 is 1.85 bits per heavy atom. The van der Waals surface area contributed by atoms with Gasteiger partial charge in [0.15, 0.2) is 0 Å². The third kappa shape index (κ3) is 3.32. The maximum Gasteiger partial charge on any atom is 0.227 e. The first-order chi connectivity index (χ1) is 12.5. The van der Waals surface area contributed by atoms with Gasteiger partial charge < -0.3 is 10.5 Å². The molecule has 2 aliphatic carbocycles. The normalized spacial score (nSPS) is 18.4. The number of aromatic amines is 1. The Labute approximate surface area is 151 Å². The Hall–Kier alpha value is -2.02. The fourth-order valence-electron chi connectivity index (χ4n) is 4.02. The molecule has 0 unspecified atom stereocenters. The van der Waals surface area contributed by atoms with Gasteiger partial charge >= 0.3 is 0 Å². The molecule has 0 aliphatic heterocycles. The molecule has 2 aliphatic rings. The van der Waals surface area contributed by atoms with Crippen LogP contribution in [0.3, 0.4) is 0 Å². The number of rotatable bonds is 7. The monoisotopic (exact) mass is 362 g/mol. The molecule has 0 saturated heterocycles. The van der Waals surface area contributed by atoms with Crippen molar-refractivity contribution in [3.8, 4) is 17.0 Å². The third-order valence-corrected chi connectivity index (χ3v) is 5.53. The maximum absolute atomic E-state index is 14.6. The zero-order valence-corrected chi connectivity index (χ0v) is 15.1. The molecular formula is C19H24F2N4O. The lowest BCUT2D eigenvalue weighted by atomic mass is 9.90. The number of pyridine rings is 1. The summed E-state index contributed by atoms with van der Waals surface area (Å²) in [6.07, 6.45) is 4.92. The number of nitrogens with one attached hydrogen (secondary N) is 1. The van der Waals surface area contributed by atoms with Crippen LogP contribution in [0.15, 0.2) is 6.07 Å². The second-order valence-electron chi connectivity index (χ2n) is 7.64. The van der Waals surface area contributed by atoms with E-state index >= 15 is 0 Å². The van der Waals surface area contributed by atoms with Crippen molar-refractivity contribution in [1.82, 2.24) is 15.2 Å². The van der Waals surface area contributed by atoms with Crippen molar-refractivity contribution in [1.29, 1.82) is 0 Å². The van der Waals surface area contributed by atoms with Crippen molar-refractivity contribution >= 4 is 0 Å². The highest BCUT2D eigenvalue weighted by Gasteiger charge is 2.44. The van der Waals surface area contributed by atoms with Crippen molar-refractivity contribution in [3.05, 3.63) is 29.2 Å². The highest BCUT2D eigenvalue weighted by molar-refractivity contribution is 5.68. The molecule has 0 spiro atoms. The van der Waals surface area contributed by atoms with Gasteiger partial charge in [0.1, 0.15) is 12.4 Å². The first-order valence-corrected chi connectivity index (χ1v) is 9.22. The van der Waals surface area contributed by atoms with Crippen LogP contribution in [0.1, 0.15) is 37.1 Å². The Bertz CT molecular complexity index is 759. The predicted molar refractivity (Wildman–Crippen MR) is 93.6 cm³/mol. The number of H-pyrrole nitrogens is 1. The van der Waals surface area contributed by atoms with Crippen LogP contribution in [0.25, 0.3) is 11.1 Å². The second kappa shape index (κ2) is 6.61. The summed E-state index contributed by atoms with van der Waals surface area (Å²) in [4.78, 5) is 3.80. The summed E-state index contributed by atoms with van der Waals surface area (Å²) in [6, 6.07) is 1.00. The molecule has 1 atom stereocenters. The number of hydrogen-bond donors (Lipinski definition) is 2. The molecule has 2 aromatic heterocycles. The maximum atomic E-state index is 14.6. The molecule has 2 saturated carbocycles. The van der Waals surface area contributed by atoms with E-state index in [0.717, 1.165) is 6.07 Å². The third-order valence-electron chi connectivity index (χ3n) is 5.53. The fraction of sp³-hybridized carbons (Fsp3) is 0.579. The Balaban J connectivity index is 1.49. The van der Waals surface area contributed by atoms with E-state index in [2.05, 4.69) is 15.2 Å². The van der Waals surface area contributed by atoms with E-state index in [0.29, 0.717) is 34.7 Å². The quantitative estimate of drug-likeness (QED) is 0.739. The van der Waals surface area contributed by atoms with E-state index in [1.165, 1.54) is 25.7 Å². The second-order valence-corrected chi connectivity index (χ2v) is 7.64. The molecule has 0 aromatic carbocycles. The van der Waals surface area contributed by atoms with Crippen molar-refractivity contribution < 1.29 is 13.5 Å². The highest BCUT2D eigenvalue weighted by Crippen LogP contribution is 2.50. The Morgan fingerprint density at radius 1 is 1.19 bits per heavy atom. The summed E-state index contributed by atoms with van der Waals surface area (Å²) in [7, 11) is 0. The molecule has 0 amide bonds. The van der Waals surface area contributed by atoms with Gasteiger partial charge in [-0.05, 0) is 57.3 Å². The van der Waals surface area contributed by atoms with E-state index in [1.54, 1.807) is 13.8 Å². The van der Waals surface area contributed by atoms with E-state index in [-0.39, 0.29) is 24.1 Å². The van der Waals surface area contributed by atoms with Gasteiger partial charge in [0.25, 0.3) is 0 Å². The summed E-state index contributed by atoms with van der Waals surface area (Å²) in [6.45, 7) is 3.64. The smallest absolute Gasteiger partial charge is 0.227 e. The van der Waals surface area contributed by atoms with Gasteiger partial charge in [-0.25, -0.2) is 4.39 Å². The number of aryl methyl sites for hydroxylation is 2. The van der Waals surface area contributed by atoms with Crippen molar-refractivity contribution in [2.24, 2.45) is 23.5 Å². The highest BCUT2D eigenvalue weighted by atomic mass is 19.1. The summed E-state index contributed by atoms with van der Waals surface area (Å²) in [5, 5.41) is 6.72. The predicted octanol–water partition coefficient (Wildman–Crippen LogP) is 3.51. The molecule has 0 radical (unpaired) electrons. The van der Waals surface area contributed by atoms with Crippen LogP contribution in [0.4, 0.5) is 8.78 Å². The van der Waals surface area contributed by atoms with Crippen LogP contribution < -0.4 is 10.5 Å². The molecule has 3 N–H and O–H groups in total. The molecule has 5 nitrogen and oxygen atoms in total. The van der Waals surface area contributed by atoms with Crippen LogP contribution >= 0.6 is 0 Å². The molecule has 2 aromatic rings. The number of nitrogens with zero attached hydrogens (tertiary/aromatic N) is 2. The number of nitrogens with two attached hydrogens (primary N) is 1. The summed E-state index contributed by atoms with van der Waals surface area (Å²) < 4.78 is 34.6. The minimum Gasteiger partial charge on any atom is -0.476 e. The molecule has 2 heterocycles. The molecule has 26 heavy (non-hydrogen) atoms. The number of ether oxygens (including phenoxy) is 1. The Morgan fingerprint density at radius 3 is 2.35 bits per heavy atom. The SMILES string of the molecule is Cc1n[nH]c(C)c1-c1c(F)cc(OC[C@@H](N)C(C2CC2)C2CC2)nc1F.